The summed E-state index contributed by atoms with van der Waals surface area (Å²) in [5.41, 5.74) is 4.70. The van der Waals surface area contributed by atoms with E-state index in [1.165, 1.54) is 7.11 Å². The molecule has 2 aromatic rings. The molecule has 1 aromatic carbocycles. The summed E-state index contributed by atoms with van der Waals surface area (Å²) in [6.45, 7) is 17.6. The average Bonchev–Trinajstić information content (AvgIpc) is 3.19. The molecule has 1 aliphatic heterocycles. The van der Waals surface area contributed by atoms with Gasteiger partial charge in [-0.1, -0.05) is 57.5 Å². The average molecular weight is 569 g/mol. The number of carbonyl (C=O) groups excluding carboxylic acids is 3. The van der Waals surface area contributed by atoms with E-state index < -0.39 is 41.9 Å². The van der Waals surface area contributed by atoms with Crippen LogP contribution in [0.3, 0.4) is 0 Å². The van der Waals surface area contributed by atoms with Crippen molar-refractivity contribution in [3.8, 4) is 11.1 Å². The maximum absolute atomic E-state index is 13.5. The molecule has 3 unspecified atom stereocenters. The summed E-state index contributed by atoms with van der Waals surface area (Å²) < 4.78 is 21.6. The van der Waals surface area contributed by atoms with Crippen molar-refractivity contribution in [1.82, 2.24) is 10.3 Å². The van der Waals surface area contributed by atoms with Crippen LogP contribution in [0.4, 0.5) is 9.59 Å². The normalized spacial score (nSPS) is 17.9. The molecule has 0 aliphatic carbocycles. The number of pyridine rings is 1. The highest BCUT2D eigenvalue weighted by Crippen LogP contribution is 2.42. The number of nitrogens with one attached hydrogen (secondary N) is 1. The third-order valence-electron chi connectivity index (χ3n) is 6.75. The van der Waals surface area contributed by atoms with Crippen LogP contribution < -0.4 is 5.32 Å². The van der Waals surface area contributed by atoms with E-state index in [2.05, 4.69) is 26.1 Å². The van der Waals surface area contributed by atoms with Gasteiger partial charge in [0.15, 0.2) is 6.10 Å². The summed E-state index contributed by atoms with van der Waals surface area (Å²) in [6, 6.07) is 7.96. The Morgan fingerprint density at radius 1 is 1.05 bits per heavy atom. The van der Waals surface area contributed by atoms with Gasteiger partial charge in [0.25, 0.3) is 0 Å². The topological polar surface area (TPSA) is 113 Å². The molecule has 1 saturated heterocycles. The van der Waals surface area contributed by atoms with Crippen molar-refractivity contribution in [2.24, 2.45) is 5.41 Å². The largest absolute Gasteiger partial charge is 0.509 e. The Morgan fingerprint density at radius 3 is 2.17 bits per heavy atom. The minimum atomic E-state index is -1.01. The number of nitrogens with zero attached hydrogens (tertiary/aromatic N) is 1. The lowest BCUT2D eigenvalue weighted by Crippen LogP contribution is -2.36. The Bertz CT molecular complexity index is 1270. The number of hydrogen-bond donors (Lipinski definition) is 1. The quantitative estimate of drug-likeness (QED) is 0.287. The molecular formula is C32H44N2O7. The van der Waals surface area contributed by atoms with Gasteiger partial charge in [0.1, 0.15) is 17.6 Å². The smallest absolute Gasteiger partial charge is 0.468 e. The zero-order chi connectivity index (χ0) is 30.7. The van der Waals surface area contributed by atoms with E-state index in [-0.39, 0.29) is 12.0 Å². The maximum Gasteiger partial charge on any atom is 0.509 e. The van der Waals surface area contributed by atoms with Gasteiger partial charge in [-0.2, -0.15) is 0 Å². The molecule has 1 aromatic heterocycles. The van der Waals surface area contributed by atoms with E-state index >= 15 is 0 Å². The van der Waals surface area contributed by atoms with Crippen LogP contribution in [-0.2, 0) is 43.1 Å². The number of carbonyl (C=O) groups is 3. The SMILES string of the molecule is CCc1nc(CC(C)(C)C)c(CNC(=O)OC(C)(C)C)c(-c2ccc(C)cc2)c1C(C(=O)OC)C1OC(=O)OC1C. The van der Waals surface area contributed by atoms with Crippen LogP contribution in [0.2, 0.25) is 0 Å². The number of ether oxygens (including phenoxy) is 4. The van der Waals surface area contributed by atoms with E-state index in [4.69, 9.17) is 23.9 Å². The molecule has 0 spiro atoms. The van der Waals surface area contributed by atoms with Gasteiger partial charge in [-0.15, -0.1) is 0 Å². The molecule has 0 bridgehead atoms. The summed E-state index contributed by atoms with van der Waals surface area (Å²) in [5.74, 6) is -1.58. The fraction of sp³-hybridized carbons (Fsp3) is 0.562. The fourth-order valence-electron chi connectivity index (χ4n) is 5.05. The Labute approximate surface area is 243 Å². The monoisotopic (exact) mass is 568 g/mol. The Balaban J connectivity index is 2.38. The summed E-state index contributed by atoms with van der Waals surface area (Å²) >= 11 is 0. The molecule has 2 heterocycles. The van der Waals surface area contributed by atoms with Crippen molar-refractivity contribution in [2.45, 2.75) is 105 Å². The number of hydrogen-bond acceptors (Lipinski definition) is 8. The number of amides is 1. The molecule has 9 heteroatoms. The van der Waals surface area contributed by atoms with Crippen LogP contribution in [0.1, 0.15) is 89.4 Å². The zero-order valence-corrected chi connectivity index (χ0v) is 26.0. The van der Waals surface area contributed by atoms with Gasteiger partial charge in [0.05, 0.1) is 7.11 Å². The first-order valence-corrected chi connectivity index (χ1v) is 14.1. The number of methoxy groups -OCH3 is 1. The fourth-order valence-corrected chi connectivity index (χ4v) is 5.05. The summed E-state index contributed by atoms with van der Waals surface area (Å²) in [5, 5.41) is 2.91. The van der Waals surface area contributed by atoms with Crippen molar-refractivity contribution in [3.05, 3.63) is 52.3 Å². The minimum absolute atomic E-state index is 0.109. The molecular weight excluding hydrogens is 524 g/mol. The van der Waals surface area contributed by atoms with Gasteiger partial charge in [0.2, 0.25) is 0 Å². The molecule has 1 amide bonds. The maximum atomic E-state index is 13.5. The van der Waals surface area contributed by atoms with E-state index in [0.29, 0.717) is 24.1 Å². The number of rotatable bonds is 8. The number of esters is 1. The molecule has 1 fully saturated rings. The molecule has 41 heavy (non-hydrogen) atoms. The van der Waals surface area contributed by atoms with E-state index in [1.54, 1.807) is 27.7 Å². The molecule has 3 rings (SSSR count). The first-order chi connectivity index (χ1) is 19.0. The molecule has 9 nitrogen and oxygen atoms in total. The lowest BCUT2D eigenvalue weighted by atomic mass is 9.79. The number of aryl methyl sites for hydroxylation is 2. The van der Waals surface area contributed by atoms with Gasteiger partial charge < -0.3 is 24.3 Å². The molecule has 1 aliphatic rings. The lowest BCUT2D eigenvalue weighted by molar-refractivity contribution is -0.145. The third-order valence-corrected chi connectivity index (χ3v) is 6.75. The van der Waals surface area contributed by atoms with E-state index in [0.717, 1.165) is 27.9 Å². The van der Waals surface area contributed by atoms with Gasteiger partial charge in [0, 0.05) is 23.5 Å². The van der Waals surface area contributed by atoms with Gasteiger partial charge in [-0.3, -0.25) is 9.78 Å². The van der Waals surface area contributed by atoms with Crippen LogP contribution in [0.15, 0.2) is 24.3 Å². The van der Waals surface area contributed by atoms with E-state index in [9.17, 15) is 14.4 Å². The summed E-state index contributed by atoms with van der Waals surface area (Å²) in [7, 11) is 1.31. The van der Waals surface area contributed by atoms with Gasteiger partial charge >= 0.3 is 18.2 Å². The van der Waals surface area contributed by atoms with Crippen molar-refractivity contribution < 1.29 is 33.3 Å². The van der Waals surface area contributed by atoms with Crippen LogP contribution in [0, 0.1) is 12.3 Å². The van der Waals surface area contributed by atoms with Crippen LogP contribution in [0.25, 0.3) is 11.1 Å². The van der Waals surface area contributed by atoms with Crippen molar-refractivity contribution >= 4 is 18.2 Å². The second-order valence-electron chi connectivity index (χ2n) is 12.7. The number of aromatic nitrogens is 1. The second-order valence-corrected chi connectivity index (χ2v) is 12.7. The predicted molar refractivity (Wildman–Crippen MR) is 156 cm³/mol. The number of alkyl carbamates (subject to hydrolysis) is 1. The standard InChI is InChI=1S/C32H44N2O7/c1-11-22-25(26(28(35)38-10)27-19(3)39-30(37)40-27)24(20-14-12-18(2)13-15-20)21(23(34-22)16-31(4,5)6)17-33-29(36)41-32(7,8)9/h12-15,19,26-27H,11,16-17H2,1-10H3,(H,33,36). The molecule has 0 saturated carbocycles. The van der Waals surface area contributed by atoms with Crippen LogP contribution in [-0.4, -0.2) is 48.1 Å². The number of benzene rings is 1. The Kier molecular flexibility index (Phi) is 9.72. The summed E-state index contributed by atoms with van der Waals surface area (Å²) in [6.07, 6.45) is -1.90. The molecule has 224 valence electrons. The molecule has 0 radical (unpaired) electrons. The highest BCUT2D eigenvalue weighted by atomic mass is 16.8. The zero-order valence-electron chi connectivity index (χ0n) is 26.0. The molecule has 3 atom stereocenters. The Hall–Kier alpha value is -3.62. The Morgan fingerprint density at radius 2 is 1.68 bits per heavy atom. The number of cyclic esters (lactones) is 2. The second kappa shape index (κ2) is 12.5. The third kappa shape index (κ3) is 7.99. The van der Waals surface area contributed by atoms with Gasteiger partial charge in [-0.05, 0) is 69.6 Å². The van der Waals surface area contributed by atoms with Crippen LogP contribution >= 0.6 is 0 Å². The van der Waals surface area contributed by atoms with Crippen molar-refractivity contribution in [1.29, 1.82) is 0 Å². The lowest BCUT2D eigenvalue weighted by Gasteiger charge is -2.30. The first kappa shape index (κ1) is 31.9. The van der Waals surface area contributed by atoms with Crippen molar-refractivity contribution in [3.63, 3.8) is 0 Å². The highest BCUT2D eigenvalue weighted by molar-refractivity contribution is 5.86. The van der Waals surface area contributed by atoms with Gasteiger partial charge in [-0.25, -0.2) is 9.59 Å². The minimum Gasteiger partial charge on any atom is -0.468 e. The molecule has 1 N–H and O–H groups in total. The van der Waals surface area contributed by atoms with Crippen molar-refractivity contribution in [2.75, 3.05) is 7.11 Å². The van der Waals surface area contributed by atoms with E-state index in [1.807, 2.05) is 38.1 Å². The highest BCUT2D eigenvalue weighted by Gasteiger charge is 2.46. The van der Waals surface area contributed by atoms with Crippen LogP contribution in [0.5, 0.6) is 0 Å². The predicted octanol–water partition coefficient (Wildman–Crippen LogP) is 6.41. The first-order valence-electron chi connectivity index (χ1n) is 14.1. The summed E-state index contributed by atoms with van der Waals surface area (Å²) in [4.78, 5) is 43.6.